The van der Waals surface area contributed by atoms with Crippen LogP contribution in [0.3, 0.4) is 0 Å². The highest BCUT2D eigenvalue weighted by Crippen LogP contribution is 2.16. The molecule has 2 atom stereocenters. The number of aromatic nitrogens is 2. The van der Waals surface area contributed by atoms with Gasteiger partial charge in [-0.1, -0.05) is 13.8 Å². The van der Waals surface area contributed by atoms with Crippen LogP contribution in [0.1, 0.15) is 47.4 Å². The fourth-order valence-electron chi connectivity index (χ4n) is 1.98. The van der Waals surface area contributed by atoms with E-state index in [1.54, 1.807) is 0 Å². The molecule has 1 aromatic heterocycles. The van der Waals surface area contributed by atoms with Crippen molar-refractivity contribution >= 4 is 0 Å². The Morgan fingerprint density at radius 3 is 2.50 bits per heavy atom. The van der Waals surface area contributed by atoms with Gasteiger partial charge in [-0.05, 0) is 46.1 Å². The molecule has 0 saturated heterocycles. The number of nitrogens with one attached hydrogen (secondary N) is 1. The summed E-state index contributed by atoms with van der Waals surface area (Å²) >= 11 is 0. The van der Waals surface area contributed by atoms with Crippen LogP contribution in [0.25, 0.3) is 0 Å². The maximum atomic E-state index is 4.46. The molecule has 0 aliphatic heterocycles. The van der Waals surface area contributed by atoms with E-state index in [9.17, 15) is 0 Å². The minimum absolute atomic E-state index is 0.204. The molecule has 0 fully saturated rings. The van der Waals surface area contributed by atoms with E-state index in [2.05, 4.69) is 62.6 Å². The zero-order valence-corrected chi connectivity index (χ0v) is 12.8. The summed E-state index contributed by atoms with van der Waals surface area (Å²) in [5, 5.41) is 3.58. The van der Waals surface area contributed by atoms with E-state index in [1.165, 1.54) is 5.82 Å². The van der Waals surface area contributed by atoms with Crippen molar-refractivity contribution in [3.63, 3.8) is 0 Å². The van der Waals surface area contributed by atoms with Crippen molar-refractivity contribution < 1.29 is 0 Å². The molecule has 1 heterocycles. The highest BCUT2D eigenvalue weighted by atomic mass is 15.1. The van der Waals surface area contributed by atoms with Gasteiger partial charge in [-0.25, -0.2) is 4.98 Å². The van der Waals surface area contributed by atoms with Gasteiger partial charge >= 0.3 is 0 Å². The van der Waals surface area contributed by atoms with E-state index in [4.69, 9.17) is 0 Å². The molecule has 3 heteroatoms. The van der Waals surface area contributed by atoms with Crippen LogP contribution in [0, 0.1) is 11.8 Å². The van der Waals surface area contributed by atoms with E-state index in [0.29, 0.717) is 11.8 Å². The predicted molar refractivity (Wildman–Crippen MR) is 77.7 cm³/mol. The van der Waals surface area contributed by atoms with E-state index in [1.807, 2.05) is 6.20 Å². The van der Waals surface area contributed by atoms with E-state index >= 15 is 0 Å². The summed E-state index contributed by atoms with van der Waals surface area (Å²) in [4.78, 5) is 4.46. The zero-order chi connectivity index (χ0) is 13.8. The van der Waals surface area contributed by atoms with E-state index < -0.39 is 0 Å². The van der Waals surface area contributed by atoms with E-state index in [0.717, 1.165) is 19.5 Å². The molecule has 1 N–H and O–H groups in total. The molecule has 104 valence electrons. The first-order valence-electron chi connectivity index (χ1n) is 7.08. The van der Waals surface area contributed by atoms with Gasteiger partial charge in [0.15, 0.2) is 0 Å². The first-order valence-corrected chi connectivity index (χ1v) is 7.08. The van der Waals surface area contributed by atoms with Gasteiger partial charge < -0.3 is 9.88 Å². The van der Waals surface area contributed by atoms with Crippen molar-refractivity contribution in [3.8, 4) is 0 Å². The Labute approximate surface area is 112 Å². The van der Waals surface area contributed by atoms with Gasteiger partial charge in [0.2, 0.25) is 0 Å². The average molecular weight is 251 g/mol. The molecule has 2 unspecified atom stereocenters. The fourth-order valence-corrected chi connectivity index (χ4v) is 1.98. The summed E-state index contributed by atoms with van der Waals surface area (Å²) in [5.41, 5.74) is 0.204. The SMILES string of the molecule is CCn1ccnc1CC(C)C(C)CNC(C)(C)C. The van der Waals surface area contributed by atoms with Crippen LogP contribution in [0.5, 0.6) is 0 Å². The molecule has 0 radical (unpaired) electrons. The maximum Gasteiger partial charge on any atom is 0.108 e. The molecule has 0 saturated carbocycles. The lowest BCUT2D eigenvalue weighted by atomic mass is 9.91. The predicted octanol–water partition coefficient (Wildman–Crippen LogP) is 3.11. The Hall–Kier alpha value is -0.830. The third-order valence-corrected chi connectivity index (χ3v) is 3.57. The molecule has 1 aromatic rings. The summed E-state index contributed by atoms with van der Waals surface area (Å²) in [6, 6.07) is 0. The van der Waals surface area contributed by atoms with Crippen LogP contribution in [-0.2, 0) is 13.0 Å². The van der Waals surface area contributed by atoms with Crippen LogP contribution >= 0.6 is 0 Å². The topological polar surface area (TPSA) is 29.9 Å². The lowest BCUT2D eigenvalue weighted by Crippen LogP contribution is -2.40. The summed E-state index contributed by atoms with van der Waals surface area (Å²) < 4.78 is 2.24. The summed E-state index contributed by atoms with van der Waals surface area (Å²) in [6.45, 7) is 15.5. The van der Waals surface area contributed by atoms with Crippen molar-refractivity contribution in [2.24, 2.45) is 11.8 Å². The van der Waals surface area contributed by atoms with Crippen LogP contribution < -0.4 is 5.32 Å². The number of imidazole rings is 1. The molecule has 1 rings (SSSR count). The normalized spacial score (nSPS) is 15.7. The molecule has 0 spiro atoms. The molecular formula is C15H29N3. The number of nitrogens with zero attached hydrogens (tertiary/aromatic N) is 2. The van der Waals surface area contributed by atoms with Gasteiger partial charge in [0.1, 0.15) is 5.82 Å². The molecule has 0 aliphatic carbocycles. The smallest absolute Gasteiger partial charge is 0.108 e. The minimum Gasteiger partial charge on any atom is -0.335 e. The fraction of sp³-hybridized carbons (Fsp3) is 0.800. The summed E-state index contributed by atoms with van der Waals surface area (Å²) in [5.74, 6) is 2.52. The molecular weight excluding hydrogens is 222 g/mol. The molecule has 0 aliphatic rings. The second kappa shape index (κ2) is 6.37. The maximum absolute atomic E-state index is 4.46. The standard InChI is InChI=1S/C15H29N3/c1-7-18-9-8-16-14(18)10-12(2)13(3)11-17-15(4,5)6/h8-9,12-13,17H,7,10-11H2,1-6H3. The Balaban J connectivity index is 2.47. The van der Waals surface area contributed by atoms with Crippen LogP contribution in [0.4, 0.5) is 0 Å². The third-order valence-electron chi connectivity index (χ3n) is 3.57. The third kappa shape index (κ3) is 4.81. The monoisotopic (exact) mass is 251 g/mol. The number of rotatable bonds is 6. The van der Waals surface area contributed by atoms with Gasteiger partial charge in [-0.3, -0.25) is 0 Å². The Morgan fingerprint density at radius 2 is 1.94 bits per heavy atom. The Bertz CT molecular complexity index is 349. The second-order valence-electron chi connectivity index (χ2n) is 6.42. The quantitative estimate of drug-likeness (QED) is 0.842. The van der Waals surface area contributed by atoms with Gasteiger partial charge in [0.25, 0.3) is 0 Å². The first kappa shape index (κ1) is 15.2. The van der Waals surface area contributed by atoms with Crippen LogP contribution in [-0.4, -0.2) is 21.6 Å². The van der Waals surface area contributed by atoms with Crippen molar-refractivity contribution in [2.45, 2.75) is 60.0 Å². The average Bonchev–Trinajstić information content (AvgIpc) is 2.72. The summed E-state index contributed by atoms with van der Waals surface area (Å²) in [6.07, 6.45) is 5.04. The molecule has 0 bridgehead atoms. The second-order valence-corrected chi connectivity index (χ2v) is 6.42. The number of hydrogen-bond acceptors (Lipinski definition) is 2. The number of hydrogen-bond donors (Lipinski definition) is 1. The van der Waals surface area contributed by atoms with Crippen molar-refractivity contribution in [2.75, 3.05) is 6.54 Å². The van der Waals surface area contributed by atoms with Gasteiger partial charge in [-0.2, -0.15) is 0 Å². The Morgan fingerprint density at radius 1 is 1.28 bits per heavy atom. The highest BCUT2D eigenvalue weighted by Gasteiger charge is 2.17. The number of aryl methyl sites for hydroxylation is 1. The molecule has 3 nitrogen and oxygen atoms in total. The molecule has 0 amide bonds. The van der Waals surface area contributed by atoms with Crippen molar-refractivity contribution in [3.05, 3.63) is 18.2 Å². The van der Waals surface area contributed by atoms with Gasteiger partial charge in [-0.15, -0.1) is 0 Å². The van der Waals surface area contributed by atoms with Crippen LogP contribution in [0.15, 0.2) is 12.4 Å². The summed E-state index contributed by atoms with van der Waals surface area (Å²) in [7, 11) is 0. The molecule has 0 aromatic carbocycles. The van der Waals surface area contributed by atoms with Gasteiger partial charge in [0.05, 0.1) is 0 Å². The van der Waals surface area contributed by atoms with Crippen molar-refractivity contribution in [1.82, 2.24) is 14.9 Å². The van der Waals surface area contributed by atoms with Gasteiger partial charge in [0, 0.05) is 30.9 Å². The Kier molecular flexibility index (Phi) is 5.39. The lowest BCUT2D eigenvalue weighted by molar-refractivity contribution is 0.313. The van der Waals surface area contributed by atoms with Crippen molar-refractivity contribution in [1.29, 1.82) is 0 Å². The van der Waals surface area contributed by atoms with E-state index in [-0.39, 0.29) is 5.54 Å². The zero-order valence-electron chi connectivity index (χ0n) is 12.8. The lowest BCUT2D eigenvalue weighted by Gasteiger charge is -2.26. The molecule has 18 heavy (non-hydrogen) atoms. The first-order chi connectivity index (χ1) is 8.33. The van der Waals surface area contributed by atoms with Crippen LogP contribution in [0.2, 0.25) is 0 Å². The minimum atomic E-state index is 0.204. The largest absolute Gasteiger partial charge is 0.335 e. The highest BCUT2D eigenvalue weighted by molar-refractivity contribution is 4.94.